The number of thioether (sulfide) groups is 2. The van der Waals surface area contributed by atoms with Gasteiger partial charge in [-0.2, -0.15) is 26.3 Å². The summed E-state index contributed by atoms with van der Waals surface area (Å²) in [4.78, 5) is 47.3. The molecule has 0 unspecified atom stereocenters. The molecule has 4 aromatic heterocycles. The minimum Gasteiger partial charge on any atom is -0.444 e. The number of imidazole rings is 1. The molecule has 6 heterocycles. The van der Waals surface area contributed by atoms with Gasteiger partial charge >= 0.3 is 17.1 Å². The molecule has 0 spiro atoms. The Labute approximate surface area is 448 Å². The number of ether oxygens (including phenoxy) is 1. The fourth-order valence-electron chi connectivity index (χ4n) is 8.33. The van der Waals surface area contributed by atoms with Crippen LogP contribution >= 0.6 is 69.4 Å². The Morgan fingerprint density at radius 1 is 0.671 bits per heavy atom. The molecule has 2 amide bonds. The summed E-state index contributed by atoms with van der Waals surface area (Å²) >= 11 is 15.6. The van der Waals surface area contributed by atoms with Crippen LogP contribution < -0.4 is 0 Å². The number of amides is 2. The Kier molecular flexibility index (Phi) is 17.3. The first-order valence-corrected chi connectivity index (χ1v) is 27.6. The molecule has 22 heteroatoms. The third-order valence-electron chi connectivity index (χ3n) is 12.1. The van der Waals surface area contributed by atoms with E-state index in [1.807, 2.05) is 91.5 Å². The lowest BCUT2D eigenvalue weighted by Crippen LogP contribution is -2.41. The van der Waals surface area contributed by atoms with E-state index in [9.17, 15) is 35.9 Å². The SMILES string of the molecule is CC(C)(C)OC(=O)N1CCC(c2nc(-c3cc(SC(F)(F)F)cc(C(C)(C)C)c3)c(Cl)s2)CC1.CC(C)(C)c1cc(SC(F)(F)F)cc(-c2nc(C3CCN(C(=O)Cn4cnc5cccnc54)CC3)sc2Cl)c1. The van der Waals surface area contributed by atoms with Crippen molar-refractivity contribution in [2.45, 2.75) is 144 Å². The first kappa shape index (κ1) is 56.6. The molecule has 0 aliphatic carbocycles. The van der Waals surface area contributed by atoms with E-state index in [0.29, 0.717) is 63.0 Å². The van der Waals surface area contributed by atoms with Crippen molar-refractivity contribution in [3.8, 4) is 22.5 Å². The van der Waals surface area contributed by atoms with Gasteiger partial charge in [0, 0.05) is 65.1 Å². The Hall–Kier alpha value is -4.08. The fourth-order valence-corrected chi connectivity index (χ4v) is 12.4. The molecule has 2 aliphatic rings. The number of thiazole rings is 2. The van der Waals surface area contributed by atoms with Crippen LogP contribution in [-0.2, 0) is 26.9 Å². The van der Waals surface area contributed by atoms with Crippen molar-refractivity contribution in [2.75, 3.05) is 26.2 Å². The van der Waals surface area contributed by atoms with Crippen molar-refractivity contribution in [3.63, 3.8) is 0 Å². The molecule has 394 valence electrons. The van der Waals surface area contributed by atoms with Crippen molar-refractivity contribution >= 4 is 92.6 Å². The predicted octanol–water partition coefficient (Wildman–Crippen LogP) is 16.0. The Morgan fingerprint density at radius 3 is 1.55 bits per heavy atom. The number of alkyl halides is 6. The number of rotatable bonds is 8. The number of carbonyl (C=O) groups is 2. The van der Waals surface area contributed by atoms with Crippen molar-refractivity contribution in [1.82, 2.24) is 34.3 Å². The first-order valence-electron chi connectivity index (χ1n) is 23.6. The van der Waals surface area contributed by atoms with E-state index in [0.717, 1.165) is 52.3 Å². The number of piperidine rings is 2. The molecule has 0 N–H and O–H groups in total. The lowest BCUT2D eigenvalue weighted by Gasteiger charge is -2.32. The zero-order valence-corrected chi connectivity index (χ0v) is 46.6. The molecule has 10 nitrogen and oxygen atoms in total. The third-order valence-corrected chi connectivity index (χ3v) is 16.4. The van der Waals surface area contributed by atoms with E-state index >= 15 is 0 Å². The number of benzene rings is 2. The largest absolute Gasteiger partial charge is 0.446 e. The van der Waals surface area contributed by atoms with Crippen LogP contribution in [0.3, 0.4) is 0 Å². The van der Waals surface area contributed by atoms with Crippen LogP contribution in [0.1, 0.15) is 121 Å². The molecule has 0 bridgehead atoms. The van der Waals surface area contributed by atoms with Gasteiger partial charge in [0.05, 0.1) is 16.3 Å². The lowest BCUT2D eigenvalue weighted by atomic mass is 9.86. The van der Waals surface area contributed by atoms with Gasteiger partial charge in [0.25, 0.3) is 0 Å². The van der Waals surface area contributed by atoms with Crippen LogP contribution in [0.25, 0.3) is 33.7 Å². The third kappa shape index (κ3) is 15.3. The molecule has 8 rings (SSSR count). The molecule has 0 saturated carbocycles. The van der Waals surface area contributed by atoms with Gasteiger partial charge in [-0.15, -0.1) is 22.7 Å². The zero-order valence-electron chi connectivity index (χ0n) is 41.8. The second-order valence-corrected chi connectivity index (χ2v) is 26.6. The number of likely N-dealkylation sites (tertiary alicyclic amines) is 2. The highest BCUT2D eigenvalue weighted by atomic mass is 35.5. The maximum Gasteiger partial charge on any atom is 0.446 e. The van der Waals surface area contributed by atoms with E-state index in [2.05, 4.69) is 9.97 Å². The predicted molar refractivity (Wildman–Crippen MR) is 282 cm³/mol. The summed E-state index contributed by atoms with van der Waals surface area (Å²) in [6.45, 7) is 19.7. The summed E-state index contributed by atoms with van der Waals surface area (Å²) < 4.78 is 87.0. The smallest absolute Gasteiger partial charge is 0.444 e. The highest BCUT2D eigenvalue weighted by molar-refractivity contribution is 8.00. The Morgan fingerprint density at radius 2 is 1.12 bits per heavy atom. The Balaban J connectivity index is 0.000000216. The quantitative estimate of drug-likeness (QED) is 0.109. The standard InChI is InChI=1S/C27H27ClF3N5OS2.C24H30ClF3N2O2S2/c1-26(2,3)18-11-17(12-19(13-18)39-27(29,30)31)22-23(28)38-25(34-22)16-6-9-35(10-7-16)21(37)14-36-15-33-20-5-4-8-32-24(20)36;1-22(2,3)16-11-15(12-17(13-16)34-24(26,27)28)18-19(25)33-20(29-18)14-7-9-30(10-8-14)21(31)32-23(4,5)6/h4-5,8,11-13,15-16H,6-7,9-10,14H2,1-3H3;11-14H,7-10H2,1-6H3. The van der Waals surface area contributed by atoms with Crippen LogP contribution in [0.15, 0.2) is 70.8 Å². The van der Waals surface area contributed by atoms with Gasteiger partial charge in [-0.25, -0.2) is 24.7 Å². The van der Waals surface area contributed by atoms with E-state index in [1.54, 1.807) is 34.1 Å². The topological polar surface area (TPSA) is 106 Å². The number of carbonyl (C=O) groups excluding carboxylic acids is 2. The molecular formula is C51H57Cl2F6N7O3S4. The summed E-state index contributed by atoms with van der Waals surface area (Å²) in [6.07, 6.45) is 5.90. The highest BCUT2D eigenvalue weighted by Crippen LogP contribution is 2.46. The average Bonchev–Trinajstić information content (AvgIpc) is 4.00. The summed E-state index contributed by atoms with van der Waals surface area (Å²) in [7, 11) is 0. The number of fused-ring (bicyclic) bond motifs is 1. The normalized spacial score (nSPS) is 15.7. The van der Waals surface area contributed by atoms with Gasteiger partial charge in [0.15, 0.2) is 5.65 Å². The average molecular weight is 1130 g/mol. The minimum atomic E-state index is -4.39. The highest BCUT2D eigenvalue weighted by Gasteiger charge is 2.34. The number of hydrogen-bond acceptors (Lipinski definition) is 11. The molecule has 0 atom stereocenters. The first-order chi connectivity index (χ1) is 33.9. The number of hydrogen-bond donors (Lipinski definition) is 0. The van der Waals surface area contributed by atoms with Crippen LogP contribution in [0, 0.1) is 0 Å². The number of aromatic nitrogens is 5. The minimum absolute atomic E-state index is 0.00459. The van der Waals surface area contributed by atoms with Crippen LogP contribution in [0.5, 0.6) is 0 Å². The van der Waals surface area contributed by atoms with Gasteiger partial charge < -0.3 is 19.1 Å². The van der Waals surface area contributed by atoms with E-state index in [-0.39, 0.29) is 74.5 Å². The fraction of sp³-hybridized carbons (Fsp3) is 0.490. The van der Waals surface area contributed by atoms with Gasteiger partial charge in [-0.05, 0) is 140 Å². The molecule has 0 radical (unpaired) electrons. The van der Waals surface area contributed by atoms with Gasteiger partial charge in [0.2, 0.25) is 5.91 Å². The maximum absolute atomic E-state index is 13.2. The summed E-state index contributed by atoms with van der Waals surface area (Å²) in [5, 5.41) is 1.69. The van der Waals surface area contributed by atoms with E-state index < -0.39 is 16.6 Å². The Bertz CT molecular complexity index is 2920. The monoisotopic (exact) mass is 1130 g/mol. The molecule has 2 aliphatic heterocycles. The molecule has 2 fully saturated rings. The summed E-state index contributed by atoms with van der Waals surface area (Å²) in [6, 6.07) is 13.6. The number of pyridine rings is 1. The second-order valence-electron chi connectivity index (χ2n) is 21.1. The van der Waals surface area contributed by atoms with Gasteiger partial charge in [-0.1, -0.05) is 64.7 Å². The number of halogens is 8. The van der Waals surface area contributed by atoms with Crippen molar-refractivity contribution in [3.05, 3.63) is 90.9 Å². The summed E-state index contributed by atoms with van der Waals surface area (Å²) in [5.74, 6) is 0.255. The lowest BCUT2D eigenvalue weighted by molar-refractivity contribution is -0.132. The second kappa shape index (κ2) is 22.3. The van der Waals surface area contributed by atoms with Crippen molar-refractivity contribution in [1.29, 1.82) is 0 Å². The van der Waals surface area contributed by atoms with Crippen LogP contribution in [-0.4, -0.2) is 89.1 Å². The molecular weight excluding hydrogens is 1070 g/mol. The van der Waals surface area contributed by atoms with Gasteiger partial charge in [0.1, 0.15) is 37.7 Å². The molecule has 2 saturated heterocycles. The van der Waals surface area contributed by atoms with E-state index in [1.165, 1.54) is 34.8 Å². The summed E-state index contributed by atoms with van der Waals surface area (Å²) in [5.41, 5.74) is -4.84. The molecule has 2 aromatic carbocycles. The zero-order chi connectivity index (χ0) is 53.4. The van der Waals surface area contributed by atoms with Gasteiger partial charge in [-0.3, -0.25) is 4.79 Å². The van der Waals surface area contributed by atoms with Crippen LogP contribution in [0.4, 0.5) is 31.1 Å². The maximum atomic E-state index is 13.2. The van der Waals surface area contributed by atoms with E-state index in [4.69, 9.17) is 37.9 Å². The van der Waals surface area contributed by atoms with Crippen LogP contribution in [0.2, 0.25) is 8.67 Å². The molecule has 73 heavy (non-hydrogen) atoms. The van der Waals surface area contributed by atoms with Crippen molar-refractivity contribution in [2.24, 2.45) is 0 Å². The number of nitrogens with zero attached hydrogens (tertiary/aromatic N) is 7. The van der Waals surface area contributed by atoms with Crippen molar-refractivity contribution < 1.29 is 40.7 Å². The molecule has 6 aromatic rings.